The van der Waals surface area contributed by atoms with E-state index >= 15 is 0 Å². The molecule has 0 spiro atoms. The lowest BCUT2D eigenvalue weighted by Gasteiger charge is -2.29. The fraction of sp³-hybridized carbons (Fsp3) is 0.350. The molecule has 0 fully saturated rings. The number of nitrogens with one attached hydrogen (secondary N) is 1. The van der Waals surface area contributed by atoms with Crippen molar-refractivity contribution in [1.82, 2.24) is 5.32 Å². The zero-order valence-electron chi connectivity index (χ0n) is 16.5. The standard InChI is InChI=1S/C20H24Cl2N2O3S/c1-12-6-7-13(2)17(10-12)14(3)23-20(25)15(4)24(28(5,26)27)16-8-9-18(21)19(22)11-16/h6-11,14-15H,1-5H3,(H,23,25)/t14-,15-/m1/s1. The van der Waals surface area contributed by atoms with E-state index in [1.54, 1.807) is 0 Å². The average Bonchev–Trinajstić information content (AvgIpc) is 2.58. The van der Waals surface area contributed by atoms with E-state index in [4.69, 9.17) is 23.2 Å². The molecule has 0 saturated carbocycles. The number of benzene rings is 2. The second-order valence-electron chi connectivity index (χ2n) is 6.92. The van der Waals surface area contributed by atoms with Crippen LogP contribution in [0.25, 0.3) is 0 Å². The quantitative estimate of drug-likeness (QED) is 0.707. The molecule has 0 saturated heterocycles. The van der Waals surface area contributed by atoms with Gasteiger partial charge in [0.1, 0.15) is 6.04 Å². The van der Waals surface area contributed by atoms with Crippen LogP contribution in [0.2, 0.25) is 10.0 Å². The molecule has 2 aromatic carbocycles. The number of hydrogen-bond donors (Lipinski definition) is 1. The van der Waals surface area contributed by atoms with Crippen molar-refractivity contribution in [2.24, 2.45) is 0 Å². The van der Waals surface area contributed by atoms with Crippen molar-refractivity contribution in [3.05, 3.63) is 63.1 Å². The lowest BCUT2D eigenvalue weighted by Crippen LogP contribution is -2.48. The Kier molecular flexibility index (Phi) is 7.02. The van der Waals surface area contributed by atoms with Crippen LogP contribution in [0.4, 0.5) is 5.69 Å². The van der Waals surface area contributed by atoms with Gasteiger partial charge in [-0.1, -0.05) is 47.0 Å². The van der Waals surface area contributed by atoms with E-state index in [1.807, 2.05) is 39.0 Å². The van der Waals surface area contributed by atoms with E-state index in [0.717, 1.165) is 27.3 Å². The first-order valence-corrected chi connectivity index (χ1v) is 11.3. The van der Waals surface area contributed by atoms with Gasteiger partial charge in [-0.3, -0.25) is 9.10 Å². The molecular weight excluding hydrogens is 419 g/mol. The molecule has 0 bridgehead atoms. The van der Waals surface area contributed by atoms with Crippen molar-refractivity contribution in [1.29, 1.82) is 0 Å². The number of carbonyl (C=O) groups is 1. The molecule has 5 nitrogen and oxygen atoms in total. The van der Waals surface area contributed by atoms with Crippen molar-refractivity contribution in [2.45, 2.75) is 39.8 Å². The Labute approximate surface area is 176 Å². The number of nitrogens with zero attached hydrogens (tertiary/aromatic N) is 1. The summed E-state index contributed by atoms with van der Waals surface area (Å²) in [5, 5.41) is 3.43. The van der Waals surface area contributed by atoms with Crippen LogP contribution in [0, 0.1) is 13.8 Å². The van der Waals surface area contributed by atoms with E-state index in [-0.39, 0.29) is 16.8 Å². The molecule has 0 radical (unpaired) electrons. The third kappa shape index (κ3) is 5.19. The molecule has 1 N–H and O–H groups in total. The highest BCUT2D eigenvalue weighted by molar-refractivity contribution is 7.92. The Hall–Kier alpha value is -1.76. The van der Waals surface area contributed by atoms with Gasteiger partial charge in [0, 0.05) is 0 Å². The van der Waals surface area contributed by atoms with E-state index in [9.17, 15) is 13.2 Å². The van der Waals surface area contributed by atoms with Gasteiger partial charge in [0.25, 0.3) is 0 Å². The van der Waals surface area contributed by atoms with Crippen LogP contribution >= 0.6 is 23.2 Å². The number of hydrogen-bond acceptors (Lipinski definition) is 3. The molecule has 0 unspecified atom stereocenters. The SMILES string of the molecule is Cc1ccc(C)c([C@@H](C)NC(=O)[C@@H](C)N(c2ccc(Cl)c(Cl)c2)S(C)(=O)=O)c1. The fourth-order valence-corrected chi connectivity index (χ4v) is 4.53. The molecule has 2 rings (SSSR count). The number of sulfonamides is 1. The molecule has 0 aliphatic heterocycles. The number of amides is 1. The highest BCUT2D eigenvalue weighted by Crippen LogP contribution is 2.30. The smallest absolute Gasteiger partial charge is 0.244 e. The molecule has 2 aromatic rings. The van der Waals surface area contributed by atoms with E-state index < -0.39 is 22.0 Å². The summed E-state index contributed by atoms with van der Waals surface area (Å²) < 4.78 is 25.8. The zero-order valence-corrected chi connectivity index (χ0v) is 18.8. The van der Waals surface area contributed by atoms with Gasteiger partial charge in [0.05, 0.1) is 28.0 Å². The molecule has 152 valence electrons. The molecule has 0 heterocycles. The van der Waals surface area contributed by atoms with Gasteiger partial charge in [0.2, 0.25) is 15.9 Å². The van der Waals surface area contributed by atoms with Crippen LogP contribution in [0.5, 0.6) is 0 Å². The van der Waals surface area contributed by atoms with Gasteiger partial charge in [0.15, 0.2) is 0 Å². The second-order valence-corrected chi connectivity index (χ2v) is 9.60. The summed E-state index contributed by atoms with van der Waals surface area (Å²) >= 11 is 12.0. The predicted octanol–water partition coefficient (Wildman–Crippen LogP) is 4.64. The number of rotatable bonds is 6. The van der Waals surface area contributed by atoms with Gasteiger partial charge in [-0.15, -0.1) is 0 Å². The van der Waals surface area contributed by atoms with Crippen LogP contribution in [-0.2, 0) is 14.8 Å². The number of halogens is 2. The third-order valence-electron chi connectivity index (χ3n) is 4.51. The lowest BCUT2D eigenvalue weighted by molar-refractivity contribution is -0.122. The van der Waals surface area contributed by atoms with Gasteiger partial charge in [-0.25, -0.2) is 8.42 Å². The molecule has 8 heteroatoms. The summed E-state index contributed by atoms with van der Waals surface area (Å²) in [6.07, 6.45) is 1.05. The van der Waals surface area contributed by atoms with Crippen LogP contribution < -0.4 is 9.62 Å². The van der Waals surface area contributed by atoms with Crippen molar-refractivity contribution >= 4 is 44.8 Å². The maximum Gasteiger partial charge on any atom is 0.244 e. The van der Waals surface area contributed by atoms with Gasteiger partial charge in [-0.2, -0.15) is 0 Å². The highest BCUT2D eigenvalue weighted by atomic mass is 35.5. The van der Waals surface area contributed by atoms with Gasteiger partial charge in [-0.05, 0) is 57.0 Å². The van der Waals surface area contributed by atoms with E-state index in [2.05, 4.69) is 5.32 Å². The van der Waals surface area contributed by atoms with Crippen molar-refractivity contribution in [3.8, 4) is 0 Å². The van der Waals surface area contributed by atoms with Crippen LogP contribution in [0.1, 0.15) is 36.6 Å². The normalized spacial score (nSPS) is 13.7. The van der Waals surface area contributed by atoms with E-state index in [0.29, 0.717) is 5.02 Å². The summed E-state index contributed by atoms with van der Waals surface area (Å²) in [6, 6.07) is 9.22. The highest BCUT2D eigenvalue weighted by Gasteiger charge is 2.30. The molecular formula is C20H24Cl2N2O3S. The van der Waals surface area contributed by atoms with E-state index in [1.165, 1.54) is 25.1 Å². The Morgan fingerprint density at radius 2 is 1.68 bits per heavy atom. The Balaban J connectivity index is 2.31. The molecule has 0 aliphatic carbocycles. The summed E-state index contributed by atoms with van der Waals surface area (Å²) in [6.45, 7) is 7.36. The minimum Gasteiger partial charge on any atom is -0.348 e. The van der Waals surface area contributed by atoms with Crippen LogP contribution in [0.3, 0.4) is 0 Å². The molecule has 1 amide bonds. The topological polar surface area (TPSA) is 66.5 Å². The number of anilines is 1. The maximum atomic E-state index is 12.9. The third-order valence-corrected chi connectivity index (χ3v) is 6.49. The monoisotopic (exact) mass is 442 g/mol. The van der Waals surface area contributed by atoms with Gasteiger partial charge >= 0.3 is 0 Å². The number of aryl methyl sites for hydroxylation is 2. The molecule has 0 aliphatic rings. The Bertz CT molecular complexity index is 993. The average molecular weight is 443 g/mol. The summed E-state index contributed by atoms with van der Waals surface area (Å²) in [4.78, 5) is 12.9. The molecule has 2 atom stereocenters. The first-order chi connectivity index (χ1) is 12.9. The first kappa shape index (κ1) is 22.5. The fourth-order valence-electron chi connectivity index (χ4n) is 3.07. The Morgan fingerprint density at radius 3 is 2.25 bits per heavy atom. The lowest BCUT2D eigenvalue weighted by atomic mass is 10.00. The minimum absolute atomic E-state index is 0.212. The molecule has 28 heavy (non-hydrogen) atoms. The summed E-state index contributed by atoms with van der Waals surface area (Å²) in [5.74, 6) is -0.412. The van der Waals surface area contributed by atoms with Crippen LogP contribution in [-0.4, -0.2) is 26.6 Å². The van der Waals surface area contributed by atoms with Crippen molar-refractivity contribution in [3.63, 3.8) is 0 Å². The largest absolute Gasteiger partial charge is 0.348 e. The summed E-state index contributed by atoms with van der Waals surface area (Å²) in [7, 11) is -3.74. The van der Waals surface area contributed by atoms with Gasteiger partial charge < -0.3 is 5.32 Å². The predicted molar refractivity (Wildman–Crippen MR) is 116 cm³/mol. The summed E-state index contributed by atoms with van der Waals surface area (Å²) in [5.41, 5.74) is 3.40. The van der Waals surface area contributed by atoms with Crippen LogP contribution in [0.15, 0.2) is 36.4 Å². The first-order valence-electron chi connectivity index (χ1n) is 8.73. The van der Waals surface area contributed by atoms with Crippen molar-refractivity contribution < 1.29 is 13.2 Å². The molecule has 0 aromatic heterocycles. The second kappa shape index (κ2) is 8.72. The minimum atomic E-state index is -3.74. The van der Waals surface area contributed by atoms with Crippen molar-refractivity contribution in [2.75, 3.05) is 10.6 Å². The zero-order chi connectivity index (χ0) is 21.2. The Morgan fingerprint density at radius 1 is 1.04 bits per heavy atom. The maximum absolute atomic E-state index is 12.9. The number of carbonyl (C=O) groups excluding carboxylic acids is 1.